The quantitative estimate of drug-likeness (QED) is 0.848. The van der Waals surface area contributed by atoms with E-state index >= 15 is 0 Å². The first-order chi connectivity index (χ1) is 8.25. The summed E-state index contributed by atoms with van der Waals surface area (Å²) in [6.07, 6.45) is 4.08. The van der Waals surface area contributed by atoms with Crippen molar-refractivity contribution < 1.29 is 0 Å². The lowest BCUT2D eigenvalue weighted by Crippen LogP contribution is -2.36. The molecule has 2 heteroatoms. The molecule has 1 saturated carbocycles. The van der Waals surface area contributed by atoms with Gasteiger partial charge in [-0.15, -0.1) is 11.8 Å². The fourth-order valence-corrected chi connectivity index (χ4v) is 3.71. The van der Waals surface area contributed by atoms with Gasteiger partial charge in [-0.05, 0) is 37.4 Å². The van der Waals surface area contributed by atoms with Gasteiger partial charge in [0, 0.05) is 16.2 Å². The van der Waals surface area contributed by atoms with Crippen molar-refractivity contribution in [3.63, 3.8) is 0 Å². The molecule has 0 heterocycles. The molecule has 0 bridgehead atoms. The van der Waals surface area contributed by atoms with Gasteiger partial charge in [-0.25, -0.2) is 0 Å². The molecule has 17 heavy (non-hydrogen) atoms. The Balaban J connectivity index is 1.87. The standard InChI is InChI=1S/C15H23NS/c1-12(2)11-16-14-9-6-10-15(14)17-13-7-4-3-5-8-13/h3-5,7-8,12,14-16H,6,9-11H2,1-2H3/t14-,15-/m1/s1. The monoisotopic (exact) mass is 249 g/mol. The van der Waals surface area contributed by atoms with Crippen LogP contribution in [0.5, 0.6) is 0 Å². The maximum Gasteiger partial charge on any atom is 0.0248 e. The Morgan fingerprint density at radius 1 is 1.24 bits per heavy atom. The average Bonchev–Trinajstić information content (AvgIpc) is 2.75. The molecule has 1 fully saturated rings. The molecule has 0 aliphatic heterocycles. The molecule has 0 saturated heterocycles. The highest BCUT2D eigenvalue weighted by atomic mass is 32.2. The normalized spacial score (nSPS) is 24.4. The van der Waals surface area contributed by atoms with E-state index in [1.54, 1.807) is 0 Å². The summed E-state index contributed by atoms with van der Waals surface area (Å²) in [5, 5.41) is 4.49. The van der Waals surface area contributed by atoms with Crippen molar-refractivity contribution >= 4 is 11.8 Å². The first-order valence-electron chi connectivity index (χ1n) is 6.71. The fraction of sp³-hybridized carbons (Fsp3) is 0.600. The minimum Gasteiger partial charge on any atom is -0.313 e. The highest BCUT2D eigenvalue weighted by Crippen LogP contribution is 2.34. The average molecular weight is 249 g/mol. The van der Waals surface area contributed by atoms with Gasteiger partial charge in [0.25, 0.3) is 0 Å². The Bertz CT molecular complexity index is 323. The second-order valence-electron chi connectivity index (χ2n) is 5.31. The van der Waals surface area contributed by atoms with Crippen LogP contribution in [0.4, 0.5) is 0 Å². The Kier molecular flexibility index (Phi) is 4.93. The lowest BCUT2D eigenvalue weighted by molar-refractivity contribution is 0.474. The summed E-state index contributed by atoms with van der Waals surface area (Å²) < 4.78 is 0. The summed E-state index contributed by atoms with van der Waals surface area (Å²) >= 11 is 2.05. The maximum atomic E-state index is 3.73. The molecule has 2 atom stereocenters. The molecule has 0 radical (unpaired) electrons. The van der Waals surface area contributed by atoms with Crippen LogP contribution in [0.15, 0.2) is 35.2 Å². The molecule has 2 rings (SSSR count). The van der Waals surface area contributed by atoms with E-state index in [0.29, 0.717) is 6.04 Å². The van der Waals surface area contributed by atoms with E-state index < -0.39 is 0 Å². The Morgan fingerprint density at radius 2 is 2.00 bits per heavy atom. The van der Waals surface area contributed by atoms with E-state index in [9.17, 15) is 0 Å². The summed E-state index contributed by atoms with van der Waals surface area (Å²) in [5.41, 5.74) is 0. The third-order valence-corrected chi connectivity index (χ3v) is 4.68. The largest absolute Gasteiger partial charge is 0.313 e. The molecule has 1 aliphatic carbocycles. The van der Waals surface area contributed by atoms with Crippen LogP contribution in [-0.4, -0.2) is 17.8 Å². The van der Waals surface area contributed by atoms with Gasteiger partial charge < -0.3 is 5.32 Å². The molecule has 94 valence electrons. The van der Waals surface area contributed by atoms with Crippen molar-refractivity contribution in [1.29, 1.82) is 0 Å². The number of benzene rings is 1. The van der Waals surface area contributed by atoms with E-state index in [-0.39, 0.29) is 0 Å². The summed E-state index contributed by atoms with van der Waals surface area (Å²) in [7, 11) is 0. The highest BCUT2D eigenvalue weighted by Gasteiger charge is 2.27. The van der Waals surface area contributed by atoms with E-state index in [0.717, 1.165) is 17.7 Å². The zero-order valence-electron chi connectivity index (χ0n) is 10.9. The summed E-state index contributed by atoms with van der Waals surface area (Å²) in [5.74, 6) is 0.748. The maximum absolute atomic E-state index is 3.73. The number of hydrogen-bond acceptors (Lipinski definition) is 2. The molecule has 0 spiro atoms. The van der Waals surface area contributed by atoms with Gasteiger partial charge in [-0.2, -0.15) is 0 Å². The number of hydrogen-bond donors (Lipinski definition) is 1. The fourth-order valence-electron chi connectivity index (χ4n) is 2.36. The van der Waals surface area contributed by atoms with Crippen molar-refractivity contribution in [2.24, 2.45) is 5.92 Å². The summed E-state index contributed by atoms with van der Waals surface area (Å²) in [6, 6.07) is 11.5. The predicted molar refractivity (Wildman–Crippen MR) is 76.6 cm³/mol. The molecular weight excluding hydrogens is 226 g/mol. The van der Waals surface area contributed by atoms with Crippen LogP contribution < -0.4 is 5.32 Å². The molecule has 0 unspecified atom stereocenters. The van der Waals surface area contributed by atoms with Crippen LogP contribution in [0.25, 0.3) is 0 Å². The number of nitrogens with one attached hydrogen (secondary N) is 1. The minimum absolute atomic E-state index is 0.711. The highest BCUT2D eigenvalue weighted by molar-refractivity contribution is 8.00. The third-order valence-electron chi connectivity index (χ3n) is 3.27. The van der Waals surface area contributed by atoms with Crippen molar-refractivity contribution in [2.75, 3.05) is 6.54 Å². The van der Waals surface area contributed by atoms with Gasteiger partial charge in [-0.1, -0.05) is 38.5 Å². The third kappa shape index (κ3) is 4.04. The Morgan fingerprint density at radius 3 is 2.71 bits per heavy atom. The lowest BCUT2D eigenvalue weighted by Gasteiger charge is -2.21. The van der Waals surface area contributed by atoms with Crippen LogP contribution >= 0.6 is 11.8 Å². The molecule has 1 aliphatic rings. The van der Waals surface area contributed by atoms with Crippen molar-refractivity contribution in [2.45, 2.75) is 49.3 Å². The van der Waals surface area contributed by atoms with Gasteiger partial charge in [0.05, 0.1) is 0 Å². The first-order valence-corrected chi connectivity index (χ1v) is 7.59. The molecule has 1 N–H and O–H groups in total. The second-order valence-corrected chi connectivity index (χ2v) is 6.62. The first kappa shape index (κ1) is 13.0. The van der Waals surface area contributed by atoms with Gasteiger partial charge in [0.2, 0.25) is 0 Å². The Labute approximate surface area is 109 Å². The van der Waals surface area contributed by atoms with E-state index in [1.807, 2.05) is 11.8 Å². The van der Waals surface area contributed by atoms with Gasteiger partial charge >= 0.3 is 0 Å². The van der Waals surface area contributed by atoms with Gasteiger partial charge in [0.1, 0.15) is 0 Å². The van der Waals surface area contributed by atoms with E-state index in [2.05, 4.69) is 49.5 Å². The minimum atomic E-state index is 0.711. The summed E-state index contributed by atoms with van der Waals surface area (Å²) in [4.78, 5) is 1.41. The van der Waals surface area contributed by atoms with Crippen molar-refractivity contribution in [3.05, 3.63) is 30.3 Å². The summed E-state index contributed by atoms with van der Waals surface area (Å²) in [6.45, 7) is 5.71. The van der Waals surface area contributed by atoms with Crippen LogP contribution in [0.1, 0.15) is 33.1 Å². The second kappa shape index (κ2) is 6.46. The number of rotatable bonds is 5. The van der Waals surface area contributed by atoms with Crippen LogP contribution in [-0.2, 0) is 0 Å². The lowest BCUT2D eigenvalue weighted by atomic mass is 10.2. The number of thioether (sulfide) groups is 1. The molecule has 1 nitrogen and oxygen atoms in total. The van der Waals surface area contributed by atoms with Gasteiger partial charge in [0.15, 0.2) is 0 Å². The van der Waals surface area contributed by atoms with Gasteiger partial charge in [-0.3, -0.25) is 0 Å². The smallest absolute Gasteiger partial charge is 0.0248 e. The molecule has 0 amide bonds. The molecule has 1 aromatic rings. The Hall–Kier alpha value is -0.470. The zero-order valence-corrected chi connectivity index (χ0v) is 11.7. The predicted octanol–water partition coefficient (Wildman–Crippen LogP) is 3.95. The van der Waals surface area contributed by atoms with Crippen molar-refractivity contribution in [3.8, 4) is 0 Å². The van der Waals surface area contributed by atoms with E-state index in [4.69, 9.17) is 0 Å². The van der Waals surface area contributed by atoms with E-state index in [1.165, 1.54) is 24.2 Å². The van der Waals surface area contributed by atoms with Crippen LogP contribution in [0.3, 0.4) is 0 Å². The molecule has 1 aromatic carbocycles. The zero-order chi connectivity index (χ0) is 12.1. The topological polar surface area (TPSA) is 12.0 Å². The molecular formula is C15H23NS. The SMILES string of the molecule is CC(C)CN[C@@H]1CCC[C@H]1Sc1ccccc1. The van der Waals surface area contributed by atoms with Crippen molar-refractivity contribution in [1.82, 2.24) is 5.32 Å². The van der Waals surface area contributed by atoms with Crippen LogP contribution in [0, 0.1) is 5.92 Å². The van der Waals surface area contributed by atoms with Crippen LogP contribution in [0.2, 0.25) is 0 Å². The molecule has 0 aromatic heterocycles.